The van der Waals surface area contributed by atoms with E-state index in [9.17, 15) is 18.4 Å². The van der Waals surface area contributed by atoms with Crippen molar-refractivity contribution in [3.05, 3.63) is 35.4 Å². The number of nitrogens with zero attached hydrogens (tertiary/aromatic N) is 1. The second-order valence-electron chi connectivity index (χ2n) is 4.32. The number of nitriles is 1. The number of halogens is 2. The number of primary amides is 1. The molecule has 7 heteroatoms. The van der Waals surface area contributed by atoms with Crippen molar-refractivity contribution < 1.29 is 18.4 Å². The summed E-state index contributed by atoms with van der Waals surface area (Å²) in [5.74, 6) is -4.31. The summed E-state index contributed by atoms with van der Waals surface area (Å²) in [5, 5.41) is 10.9. The molecule has 106 valence electrons. The number of nitrogens with one attached hydrogen (secondary N) is 1. The van der Waals surface area contributed by atoms with Crippen LogP contribution >= 0.6 is 0 Å². The lowest BCUT2D eigenvalue weighted by Crippen LogP contribution is -2.48. The van der Waals surface area contributed by atoms with Gasteiger partial charge in [0.05, 0.1) is 6.07 Å². The first-order chi connectivity index (χ1) is 9.36. The van der Waals surface area contributed by atoms with E-state index in [0.717, 1.165) is 18.2 Å². The molecule has 5 nitrogen and oxygen atoms in total. The zero-order valence-corrected chi connectivity index (χ0v) is 10.7. The van der Waals surface area contributed by atoms with Crippen LogP contribution in [0.3, 0.4) is 0 Å². The van der Waals surface area contributed by atoms with Gasteiger partial charge >= 0.3 is 0 Å². The standard InChI is InChI=1S/C13H13F2N3O2/c1-7(4-5-16)11(12(17)19)18-13(20)8-2-3-9(14)10(15)6-8/h2-3,6-7,11H,4H2,1H3,(H2,17,19)(H,18,20)/t7-,11+/m1/s1. The third-order valence-electron chi connectivity index (χ3n) is 2.76. The monoisotopic (exact) mass is 281 g/mol. The van der Waals surface area contributed by atoms with Gasteiger partial charge < -0.3 is 11.1 Å². The molecule has 0 unspecified atom stereocenters. The molecule has 0 aliphatic heterocycles. The maximum Gasteiger partial charge on any atom is 0.252 e. The van der Waals surface area contributed by atoms with E-state index in [1.165, 1.54) is 0 Å². The van der Waals surface area contributed by atoms with Crippen LogP contribution in [-0.2, 0) is 4.79 Å². The van der Waals surface area contributed by atoms with E-state index >= 15 is 0 Å². The quantitative estimate of drug-likeness (QED) is 0.845. The van der Waals surface area contributed by atoms with E-state index < -0.39 is 35.4 Å². The van der Waals surface area contributed by atoms with E-state index in [1.807, 2.05) is 6.07 Å². The first-order valence-electron chi connectivity index (χ1n) is 5.79. The molecule has 2 amide bonds. The zero-order valence-electron chi connectivity index (χ0n) is 10.7. The maximum atomic E-state index is 13.0. The van der Waals surface area contributed by atoms with Crippen molar-refractivity contribution in [1.29, 1.82) is 5.26 Å². The van der Waals surface area contributed by atoms with Gasteiger partial charge in [0.2, 0.25) is 5.91 Å². The fourth-order valence-corrected chi connectivity index (χ4v) is 1.62. The number of carbonyl (C=O) groups is 2. The number of rotatable bonds is 5. The summed E-state index contributed by atoms with van der Waals surface area (Å²) in [7, 11) is 0. The van der Waals surface area contributed by atoms with E-state index in [1.54, 1.807) is 6.92 Å². The largest absolute Gasteiger partial charge is 0.368 e. The first kappa shape index (κ1) is 15.6. The van der Waals surface area contributed by atoms with Gasteiger partial charge in [-0.3, -0.25) is 9.59 Å². The molecule has 0 spiro atoms. The lowest BCUT2D eigenvalue weighted by atomic mass is 9.98. The molecule has 0 saturated carbocycles. The van der Waals surface area contributed by atoms with Crippen molar-refractivity contribution in [2.75, 3.05) is 0 Å². The minimum atomic E-state index is -1.17. The van der Waals surface area contributed by atoms with Crippen LogP contribution in [0.2, 0.25) is 0 Å². The van der Waals surface area contributed by atoms with Gasteiger partial charge in [0, 0.05) is 12.0 Å². The van der Waals surface area contributed by atoms with Gasteiger partial charge in [-0.15, -0.1) is 0 Å². The van der Waals surface area contributed by atoms with Crippen molar-refractivity contribution in [3.63, 3.8) is 0 Å². The highest BCUT2D eigenvalue weighted by Crippen LogP contribution is 2.11. The molecule has 0 bridgehead atoms. The summed E-state index contributed by atoms with van der Waals surface area (Å²) in [4.78, 5) is 23.1. The number of carbonyl (C=O) groups excluding carboxylic acids is 2. The van der Waals surface area contributed by atoms with Crippen LogP contribution in [0.1, 0.15) is 23.7 Å². The van der Waals surface area contributed by atoms with E-state index in [0.29, 0.717) is 0 Å². The van der Waals surface area contributed by atoms with Gasteiger partial charge in [-0.2, -0.15) is 5.26 Å². The van der Waals surface area contributed by atoms with E-state index in [-0.39, 0.29) is 12.0 Å². The Morgan fingerprint density at radius 1 is 1.40 bits per heavy atom. The van der Waals surface area contributed by atoms with Crippen LogP contribution in [-0.4, -0.2) is 17.9 Å². The molecular formula is C13H13F2N3O2. The lowest BCUT2D eigenvalue weighted by Gasteiger charge is -2.20. The van der Waals surface area contributed by atoms with Crippen molar-refractivity contribution in [2.24, 2.45) is 11.7 Å². The van der Waals surface area contributed by atoms with E-state index in [4.69, 9.17) is 11.0 Å². The molecule has 0 aliphatic rings. The van der Waals surface area contributed by atoms with Crippen LogP contribution in [0.25, 0.3) is 0 Å². The predicted octanol–water partition coefficient (Wildman–Crippen LogP) is 1.10. The molecular weight excluding hydrogens is 268 g/mol. The van der Waals surface area contributed by atoms with E-state index in [2.05, 4.69) is 5.32 Å². The molecule has 0 radical (unpaired) electrons. The van der Waals surface area contributed by atoms with Crippen molar-refractivity contribution in [2.45, 2.75) is 19.4 Å². The lowest BCUT2D eigenvalue weighted by molar-refractivity contribution is -0.120. The number of amides is 2. The first-order valence-corrected chi connectivity index (χ1v) is 5.79. The Kier molecular flexibility index (Phi) is 5.15. The molecule has 1 aromatic rings. The smallest absolute Gasteiger partial charge is 0.252 e. The zero-order chi connectivity index (χ0) is 15.3. The summed E-state index contributed by atoms with van der Waals surface area (Å²) in [6.07, 6.45) is 0.0195. The van der Waals surface area contributed by atoms with Crippen LogP contribution in [0.5, 0.6) is 0 Å². The number of hydrogen-bond donors (Lipinski definition) is 2. The molecule has 1 rings (SSSR count). The summed E-state index contributed by atoms with van der Waals surface area (Å²) >= 11 is 0. The fourth-order valence-electron chi connectivity index (χ4n) is 1.62. The molecule has 2 atom stereocenters. The van der Waals surface area contributed by atoms with Crippen LogP contribution in [0, 0.1) is 28.9 Å². The van der Waals surface area contributed by atoms with Gasteiger partial charge in [-0.05, 0) is 24.1 Å². The average Bonchev–Trinajstić information content (AvgIpc) is 2.38. The van der Waals surface area contributed by atoms with Crippen LogP contribution in [0.15, 0.2) is 18.2 Å². The average molecular weight is 281 g/mol. The van der Waals surface area contributed by atoms with Gasteiger partial charge in [-0.25, -0.2) is 8.78 Å². The SMILES string of the molecule is C[C@H](CC#N)[C@H](NC(=O)c1ccc(F)c(F)c1)C(N)=O. The molecule has 0 aliphatic carbocycles. The van der Waals surface area contributed by atoms with Crippen molar-refractivity contribution in [1.82, 2.24) is 5.32 Å². The van der Waals surface area contributed by atoms with Gasteiger partial charge in [-0.1, -0.05) is 6.92 Å². The third kappa shape index (κ3) is 3.75. The predicted molar refractivity (Wildman–Crippen MR) is 66.2 cm³/mol. The highest BCUT2D eigenvalue weighted by molar-refractivity contribution is 5.97. The Morgan fingerprint density at radius 2 is 2.05 bits per heavy atom. The summed E-state index contributed by atoms with van der Waals surface area (Å²) in [6.45, 7) is 1.57. The van der Waals surface area contributed by atoms with Gasteiger partial charge in [0.15, 0.2) is 11.6 Å². The number of benzene rings is 1. The molecule has 3 N–H and O–H groups in total. The Labute approximate surface area is 114 Å². The highest BCUT2D eigenvalue weighted by Gasteiger charge is 2.25. The second-order valence-corrected chi connectivity index (χ2v) is 4.32. The normalized spacial score (nSPS) is 13.1. The minimum absolute atomic E-state index is 0.0195. The minimum Gasteiger partial charge on any atom is -0.368 e. The highest BCUT2D eigenvalue weighted by atomic mass is 19.2. The van der Waals surface area contributed by atoms with Crippen molar-refractivity contribution >= 4 is 11.8 Å². The Hall–Kier alpha value is -2.49. The van der Waals surface area contributed by atoms with Crippen LogP contribution in [0.4, 0.5) is 8.78 Å². The number of hydrogen-bond acceptors (Lipinski definition) is 3. The Balaban J connectivity index is 2.88. The molecule has 0 aromatic heterocycles. The molecule has 0 fully saturated rings. The molecule has 1 aromatic carbocycles. The van der Waals surface area contributed by atoms with Gasteiger partial charge in [0.1, 0.15) is 6.04 Å². The van der Waals surface area contributed by atoms with Crippen molar-refractivity contribution in [3.8, 4) is 6.07 Å². The molecule has 20 heavy (non-hydrogen) atoms. The second kappa shape index (κ2) is 6.61. The summed E-state index contributed by atoms with van der Waals surface area (Å²) in [5.41, 5.74) is 5.01. The third-order valence-corrected chi connectivity index (χ3v) is 2.76. The fraction of sp³-hybridized carbons (Fsp3) is 0.308. The number of nitrogens with two attached hydrogens (primary N) is 1. The Morgan fingerprint density at radius 3 is 2.55 bits per heavy atom. The van der Waals surface area contributed by atoms with Gasteiger partial charge in [0.25, 0.3) is 5.91 Å². The molecule has 0 heterocycles. The van der Waals surface area contributed by atoms with Crippen LogP contribution < -0.4 is 11.1 Å². The summed E-state index contributed by atoms with van der Waals surface area (Å²) in [6, 6.07) is 3.42. The Bertz CT molecular complexity index is 569. The summed E-state index contributed by atoms with van der Waals surface area (Å²) < 4.78 is 25.8. The molecule has 0 saturated heterocycles. The topological polar surface area (TPSA) is 96.0 Å². The maximum absolute atomic E-state index is 13.0.